The van der Waals surface area contributed by atoms with Gasteiger partial charge in [-0.1, -0.05) is 13.0 Å². The molecule has 0 radical (unpaired) electrons. The SMILES string of the molecule is CCCNC1CCc2cc(OCCOC(F)(F)F)ccc21. The predicted octanol–water partition coefficient (Wildman–Crippen LogP) is 3.59. The molecule has 118 valence electrons. The first-order valence-corrected chi connectivity index (χ1v) is 7.19. The molecule has 1 unspecified atom stereocenters. The Morgan fingerprint density at radius 2 is 2.10 bits per heavy atom. The standard InChI is InChI=1S/C15H20F3NO2/c1-2-7-19-14-6-3-11-10-12(4-5-13(11)14)20-8-9-21-15(16,17)18/h4-5,10,14,19H,2-3,6-9H2,1H3. The van der Waals surface area contributed by atoms with Crippen LogP contribution in [0.2, 0.25) is 0 Å². The van der Waals surface area contributed by atoms with Gasteiger partial charge in [-0.15, -0.1) is 13.2 Å². The normalized spacial score (nSPS) is 17.8. The average Bonchev–Trinajstić information content (AvgIpc) is 2.83. The van der Waals surface area contributed by atoms with Crippen molar-refractivity contribution < 1.29 is 22.6 Å². The Kier molecular flexibility index (Phi) is 5.47. The van der Waals surface area contributed by atoms with Crippen LogP contribution in [0.5, 0.6) is 5.75 Å². The monoisotopic (exact) mass is 303 g/mol. The van der Waals surface area contributed by atoms with Crippen LogP contribution in [-0.2, 0) is 11.2 Å². The molecule has 1 aromatic carbocycles. The van der Waals surface area contributed by atoms with Crippen molar-refractivity contribution in [2.24, 2.45) is 0 Å². The van der Waals surface area contributed by atoms with Gasteiger partial charge in [0.05, 0.1) is 6.61 Å². The molecule has 0 spiro atoms. The van der Waals surface area contributed by atoms with Gasteiger partial charge >= 0.3 is 6.36 Å². The Hall–Kier alpha value is -1.27. The first-order chi connectivity index (χ1) is 9.99. The largest absolute Gasteiger partial charge is 0.522 e. The molecule has 0 heterocycles. The Labute approximate surface area is 122 Å². The molecular formula is C15H20F3NO2. The van der Waals surface area contributed by atoms with Crippen molar-refractivity contribution in [2.75, 3.05) is 19.8 Å². The van der Waals surface area contributed by atoms with E-state index in [1.54, 1.807) is 6.07 Å². The number of fused-ring (bicyclic) bond motifs is 1. The van der Waals surface area contributed by atoms with Crippen LogP contribution in [0.3, 0.4) is 0 Å². The molecule has 0 aromatic heterocycles. The molecule has 0 aliphatic heterocycles. The second-order valence-corrected chi connectivity index (χ2v) is 5.05. The zero-order chi connectivity index (χ0) is 15.3. The van der Waals surface area contributed by atoms with E-state index in [1.165, 1.54) is 11.1 Å². The Morgan fingerprint density at radius 3 is 2.81 bits per heavy atom. The fraction of sp³-hybridized carbons (Fsp3) is 0.600. The fourth-order valence-electron chi connectivity index (χ4n) is 2.53. The number of alkyl halides is 3. The first kappa shape index (κ1) is 16.1. The van der Waals surface area contributed by atoms with Crippen LogP contribution in [0.4, 0.5) is 13.2 Å². The van der Waals surface area contributed by atoms with Gasteiger partial charge in [0.25, 0.3) is 0 Å². The molecule has 1 N–H and O–H groups in total. The van der Waals surface area contributed by atoms with Gasteiger partial charge in [0.2, 0.25) is 0 Å². The number of ether oxygens (including phenoxy) is 2. The summed E-state index contributed by atoms with van der Waals surface area (Å²) in [4.78, 5) is 0. The van der Waals surface area contributed by atoms with E-state index >= 15 is 0 Å². The van der Waals surface area contributed by atoms with Crippen molar-refractivity contribution in [1.29, 1.82) is 0 Å². The number of benzene rings is 1. The molecule has 6 heteroatoms. The highest BCUT2D eigenvalue weighted by atomic mass is 19.4. The lowest BCUT2D eigenvalue weighted by Crippen LogP contribution is -2.19. The molecular weight excluding hydrogens is 283 g/mol. The molecule has 0 amide bonds. The summed E-state index contributed by atoms with van der Waals surface area (Å²) in [6.45, 7) is 2.50. The summed E-state index contributed by atoms with van der Waals surface area (Å²) in [7, 11) is 0. The van der Waals surface area contributed by atoms with Gasteiger partial charge < -0.3 is 10.1 Å². The molecule has 2 rings (SSSR count). The van der Waals surface area contributed by atoms with Crippen molar-refractivity contribution in [2.45, 2.75) is 38.6 Å². The van der Waals surface area contributed by atoms with E-state index in [-0.39, 0.29) is 6.61 Å². The summed E-state index contributed by atoms with van der Waals surface area (Å²) in [6, 6.07) is 6.09. The van der Waals surface area contributed by atoms with Gasteiger partial charge in [-0.05, 0) is 49.1 Å². The summed E-state index contributed by atoms with van der Waals surface area (Å²) in [5, 5.41) is 3.49. The van der Waals surface area contributed by atoms with Gasteiger partial charge in [0.1, 0.15) is 12.4 Å². The van der Waals surface area contributed by atoms with E-state index in [2.05, 4.69) is 17.0 Å². The van der Waals surface area contributed by atoms with Gasteiger partial charge in [0, 0.05) is 6.04 Å². The van der Waals surface area contributed by atoms with E-state index in [0.29, 0.717) is 11.8 Å². The first-order valence-electron chi connectivity index (χ1n) is 7.19. The number of hydrogen-bond acceptors (Lipinski definition) is 3. The summed E-state index contributed by atoms with van der Waals surface area (Å²) >= 11 is 0. The minimum absolute atomic E-state index is 0.115. The summed E-state index contributed by atoms with van der Waals surface area (Å²) < 4.78 is 44.4. The van der Waals surface area contributed by atoms with Crippen molar-refractivity contribution in [3.05, 3.63) is 29.3 Å². The van der Waals surface area contributed by atoms with Gasteiger partial charge in [-0.2, -0.15) is 0 Å². The van der Waals surface area contributed by atoms with Crippen molar-refractivity contribution >= 4 is 0 Å². The molecule has 0 saturated heterocycles. The second-order valence-electron chi connectivity index (χ2n) is 5.05. The topological polar surface area (TPSA) is 30.5 Å². The van der Waals surface area contributed by atoms with E-state index in [4.69, 9.17) is 4.74 Å². The molecule has 0 fully saturated rings. The van der Waals surface area contributed by atoms with Crippen LogP contribution >= 0.6 is 0 Å². The minimum Gasteiger partial charge on any atom is -0.491 e. The highest BCUT2D eigenvalue weighted by molar-refractivity contribution is 5.40. The molecule has 1 aliphatic rings. The highest BCUT2D eigenvalue weighted by Crippen LogP contribution is 2.33. The molecule has 1 aliphatic carbocycles. The number of halogens is 3. The third kappa shape index (κ3) is 4.89. The van der Waals surface area contributed by atoms with E-state index in [0.717, 1.165) is 25.8 Å². The number of aryl methyl sites for hydroxylation is 1. The van der Waals surface area contributed by atoms with Crippen molar-refractivity contribution in [3.63, 3.8) is 0 Å². The van der Waals surface area contributed by atoms with Crippen LogP contribution in [0, 0.1) is 0 Å². The van der Waals surface area contributed by atoms with Crippen molar-refractivity contribution in [1.82, 2.24) is 5.32 Å². The van der Waals surface area contributed by atoms with E-state index < -0.39 is 13.0 Å². The lowest BCUT2D eigenvalue weighted by molar-refractivity contribution is -0.325. The maximum atomic E-state index is 11.8. The Balaban J connectivity index is 1.84. The van der Waals surface area contributed by atoms with E-state index in [9.17, 15) is 13.2 Å². The number of rotatable bonds is 7. The minimum atomic E-state index is -4.60. The Morgan fingerprint density at radius 1 is 1.29 bits per heavy atom. The lowest BCUT2D eigenvalue weighted by Gasteiger charge is -2.14. The average molecular weight is 303 g/mol. The zero-order valence-electron chi connectivity index (χ0n) is 12.0. The maximum absolute atomic E-state index is 11.8. The molecule has 1 atom stereocenters. The third-order valence-electron chi connectivity index (χ3n) is 3.45. The van der Waals surface area contributed by atoms with Crippen molar-refractivity contribution in [3.8, 4) is 5.75 Å². The fourth-order valence-corrected chi connectivity index (χ4v) is 2.53. The summed E-state index contributed by atoms with van der Waals surface area (Å²) in [5.74, 6) is 0.593. The van der Waals surface area contributed by atoms with Crippen LogP contribution in [-0.4, -0.2) is 26.1 Å². The highest BCUT2D eigenvalue weighted by Gasteiger charge is 2.28. The third-order valence-corrected chi connectivity index (χ3v) is 3.45. The molecule has 0 saturated carbocycles. The van der Waals surface area contributed by atoms with Crippen LogP contribution in [0.1, 0.15) is 36.9 Å². The van der Waals surface area contributed by atoms with E-state index in [1.807, 2.05) is 12.1 Å². The second kappa shape index (κ2) is 7.13. The summed E-state index contributed by atoms with van der Waals surface area (Å²) in [5.41, 5.74) is 2.47. The van der Waals surface area contributed by atoms with Gasteiger partial charge in [-0.3, -0.25) is 4.74 Å². The quantitative estimate of drug-likeness (QED) is 0.781. The van der Waals surface area contributed by atoms with Crippen LogP contribution in [0.25, 0.3) is 0 Å². The lowest BCUT2D eigenvalue weighted by atomic mass is 10.1. The smallest absolute Gasteiger partial charge is 0.491 e. The zero-order valence-corrected chi connectivity index (χ0v) is 12.0. The van der Waals surface area contributed by atoms with Gasteiger partial charge in [-0.25, -0.2) is 0 Å². The number of nitrogens with one attached hydrogen (secondary N) is 1. The maximum Gasteiger partial charge on any atom is 0.522 e. The molecule has 21 heavy (non-hydrogen) atoms. The molecule has 3 nitrogen and oxygen atoms in total. The predicted molar refractivity (Wildman–Crippen MR) is 73.3 cm³/mol. The van der Waals surface area contributed by atoms with Crippen LogP contribution in [0.15, 0.2) is 18.2 Å². The molecule has 1 aromatic rings. The van der Waals surface area contributed by atoms with Gasteiger partial charge in [0.15, 0.2) is 0 Å². The molecule has 0 bridgehead atoms. The number of hydrogen-bond donors (Lipinski definition) is 1. The Bertz CT molecular complexity index is 463. The summed E-state index contributed by atoms with van der Waals surface area (Å²) in [6.07, 6.45) is -1.49. The van der Waals surface area contributed by atoms with Crippen LogP contribution < -0.4 is 10.1 Å².